The van der Waals surface area contributed by atoms with Crippen LogP contribution in [-0.2, 0) is 9.59 Å². The molecule has 0 unspecified atom stereocenters. The summed E-state index contributed by atoms with van der Waals surface area (Å²) in [7, 11) is 0. The van der Waals surface area contributed by atoms with Gasteiger partial charge in [-0.2, -0.15) is 0 Å². The summed E-state index contributed by atoms with van der Waals surface area (Å²) >= 11 is 0. The third kappa shape index (κ3) is 14.2. The second kappa shape index (κ2) is 18.0. The van der Waals surface area contributed by atoms with Gasteiger partial charge in [0.2, 0.25) is 0 Å². The Labute approximate surface area is 183 Å². The van der Waals surface area contributed by atoms with E-state index in [1.165, 1.54) is 64.2 Å². The van der Waals surface area contributed by atoms with Gasteiger partial charge in [-0.05, 0) is 37.1 Å². The Morgan fingerprint density at radius 2 is 0.833 bits per heavy atom. The largest absolute Gasteiger partial charge is 0.427 e. The molecule has 1 rings (SSSR count). The van der Waals surface area contributed by atoms with E-state index in [2.05, 4.69) is 13.8 Å². The van der Waals surface area contributed by atoms with E-state index in [0.717, 1.165) is 25.7 Å². The van der Waals surface area contributed by atoms with Crippen molar-refractivity contribution in [2.24, 2.45) is 0 Å². The molecule has 0 saturated heterocycles. The van der Waals surface area contributed by atoms with Crippen molar-refractivity contribution in [2.45, 2.75) is 117 Å². The first-order valence-corrected chi connectivity index (χ1v) is 12.2. The van der Waals surface area contributed by atoms with Crippen LogP contribution in [0.3, 0.4) is 0 Å². The van der Waals surface area contributed by atoms with Gasteiger partial charge in [0.05, 0.1) is 0 Å². The third-order valence-corrected chi connectivity index (χ3v) is 5.26. The summed E-state index contributed by atoms with van der Waals surface area (Å²) in [5.74, 6) is 0.587. The summed E-state index contributed by atoms with van der Waals surface area (Å²) < 4.78 is 10.7. The quantitative estimate of drug-likeness (QED) is 0.139. The average molecular weight is 419 g/mol. The van der Waals surface area contributed by atoms with Gasteiger partial charge in [-0.3, -0.25) is 9.59 Å². The number of esters is 2. The molecule has 0 aromatic heterocycles. The molecule has 1 aromatic rings. The first-order valence-electron chi connectivity index (χ1n) is 12.2. The molecule has 0 radical (unpaired) electrons. The Balaban J connectivity index is 2.14. The van der Waals surface area contributed by atoms with Crippen molar-refractivity contribution in [3.63, 3.8) is 0 Å². The number of ether oxygens (including phenoxy) is 2. The highest BCUT2D eigenvalue weighted by molar-refractivity contribution is 5.73. The highest BCUT2D eigenvalue weighted by Gasteiger charge is 2.07. The standard InChI is InChI=1S/C26H42O4/c1-3-5-7-9-11-13-15-17-25(27)29-23-19-21-24(22-20-23)30-26(28)18-16-14-12-10-8-6-4-2/h19-22H,3-18H2,1-2H3. The predicted molar refractivity (Wildman–Crippen MR) is 123 cm³/mol. The van der Waals surface area contributed by atoms with Gasteiger partial charge in [0.1, 0.15) is 11.5 Å². The van der Waals surface area contributed by atoms with Crippen molar-refractivity contribution < 1.29 is 19.1 Å². The van der Waals surface area contributed by atoms with Gasteiger partial charge in [0, 0.05) is 12.8 Å². The van der Waals surface area contributed by atoms with Gasteiger partial charge in [-0.1, -0.05) is 90.9 Å². The molecule has 0 aliphatic heterocycles. The Morgan fingerprint density at radius 3 is 1.17 bits per heavy atom. The minimum atomic E-state index is -0.202. The van der Waals surface area contributed by atoms with Crippen LogP contribution in [0.1, 0.15) is 117 Å². The van der Waals surface area contributed by atoms with Crippen molar-refractivity contribution in [2.75, 3.05) is 0 Å². The monoisotopic (exact) mass is 418 g/mol. The predicted octanol–water partition coefficient (Wildman–Crippen LogP) is 7.78. The number of carbonyl (C=O) groups excluding carboxylic acids is 2. The van der Waals surface area contributed by atoms with Gasteiger partial charge in [0.25, 0.3) is 0 Å². The lowest BCUT2D eigenvalue weighted by atomic mass is 10.1. The molecular weight excluding hydrogens is 376 g/mol. The highest BCUT2D eigenvalue weighted by atomic mass is 16.5. The van der Waals surface area contributed by atoms with Crippen LogP contribution in [0.4, 0.5) is 0 Å². The molecule has 0 atom stereocenters. The number of benzene rings is 1. The molecule has 0 aliphatic rings. The summed E-state index contributed by atoms with van der Waals surface area (Å²) in [6, 6.07) is 6.72. The van der Waals surface area contributed by atoms with Crippen molar-refractivity contribution in [1.29, 1.82) is 0 Å². The van der Waals surface area contributed by atoms with Crippen molar-refractivity contribution in [3.05, 3.63) is 24.3 Å². The molecule has 0 aliphatic carbocycles. The number of carbonyl (C=O) groups is 2. The Bertz CT molecular complexity index is 514. The molecule has 30 heavy (non-hydrogen) atoms. The highest BCUT2D eigenvalue weighted by Crippen LogP contribution is 2.19. The zero-order chi connectivity index (χ0) is 21.9. The molecule has 0 heterocycles. The smallest absolute Gasteiger partial charge is 0.311 e. The Kier molecular flexibility index (Phi) is 15.7. The molecule has 0 fully saturated rings. The number of unbranched alkanes of at least 4 members (excludes halogenated alkanes) is 12. The molecule has 0 saturated carbocycles. The minimum Gasteiger partial charge on any atom is -0.427 e. The number of hydrogen-bond acceptors (Lipinski definition) is 4. The van der Waals surface area contributed by atoms with E-state index in [1.54, 1.807) is 24.3 Å². The summed E-state index contributed by atoms with van der Waals surface area (Å²) in [6.45, 7) is 4.42. The number of rotatable bonds is 18. The second-order valence-corrected chi connectivity index (χ2v) is 8.16. The van der Waals surface area contributed by atoms with Crippen LogP contribution in [0.25, 0.3) is 0 Å². The maximum Gasteiger partial charge on any atom is 0.311 e. The van der Waals surface area contributed by atoms with Crippen LogP contribution >= 0.6 is 0 Å². The fourth-order valence-electron chi connectivity index (χ4n) is 3.39. The zero-order valence-corrected chi connectivity index (χ0v) is 19.3. The van der Waals surface area contributed by atoms with Crippen LogP contribution in [0.15, 0.2) is 24.3 Å². The van der Waals surface area contributed by atoms with Crippen molar-refractivity contribution >= 4 is 11.9 Å². The molecule has 0 N–H and O–H groups in total. The molecule has 0 bridgehead atoms. The first-order chi connectivity index (χ1) is 14.7. The average Bonchev–Trinajstić information content (AvgIpc) is 2.74. The van der Waals surface area contributed by atoms with E-state index in [0.29, 0.717) is 24.3 Å². The van der Waals surface area contributed by atoms with Gasteiger partial charge in [0.15, 0.2) is 0 Å². The van der Waals surface area contributed by atoms with Crippen LogP contribution in [0.5, 0.6) is 11.5 Å². The van der Waals surface area contributed by atoms with Gasteiger partial charge >= 0.3 is 11.9 Å². The molecule has 170 valence electrons. The van der Waals surface area contributed by atoms with Crippen LogP contribution < -0.4 is 9.47 Å². The fourth-order valence-corrected chi connectivity index (χ4v) is 3.39. The number of hydrogen-bond donors (Lipinski definition) is 0. The van der Waals surface area contributed by atoms with E-state index in [-0.39, 0.29) is 11.9 Å². The van der Waals surface area contributed by atoms with Crippen LogP contribution in [0, 0.1) is 0 Å². The van der Waals surface area contributed by atoms with E-state index in [9.17, 15) is 9.59 Å². The summed E-state index contributed by atoms with van der Waals surface area (Å²) in [6.07, 6.45) is 17.4. The Hall–Kier alpha value is -1.84. The summed E-state index contributed by atoms with van der Waals surface area (Å²) in [5, 5.41) is 0. The third-order valence-electron chi connectivity index (χ3n) is 5.26. The second-order valence-electron chi connectivity index (χ2n) is 8.16. The molecule has 0 amide bonds. The van der Waals surface area contributed by atoms with Gasteiger partial charge in [-0.15, -0.1) is 0 Å². The summed E-state index contributed by atoms with van der Waals surface area (Å²) in [4.78, 5) is 23.9. The lowest BCUT2D eigenvalue weighted by Crippen LogP contribution is -2.09. The first kappa shape index (κ1) is 26.2. The molecule has 4 nitrogen and oxygen atoms in total. The molecule has 4 heteroatoms. The van der Waals surface area contributed by atoms with E-state index < -0.39 is 0 Å². The minimum absolute atomic E-state index is 0.202. The zero-order valence-electron chi connectivity index (χ0n) is 19.3. The van der Waals surface area contributed by atoms with Crippen molar-refractivity contribution in [3.8, 4) is 11.5 Å². The topological polar surface area (TPSA) is 52.6 Å². The van der Waals surface area contributed by atoms with Crippen molar-refractivity contribution in [1.82, 2.24) is 0 Å². The van der Waals surface area contributed by atoms with Crippen LogP contribution in [-0.4, -0.2) is 11.9 Å². The normalized spacial score (nSPS) is 10.7. The lowest BCUT2D eigenvalue weighted by Gasteiger charge is -2.07. The van der Waals surface area contributed by atoms with E-state index >= 15 is 0 Å². The van der Waals surface area contributed by atoms with E-state index in [1.807, 2.05) is 0 Å². The SMILES string of the molecule is CCCCCCCCCC(=O)Oc1ccc(OC(=O)CCCCCCCCC)cc1. The molecule has 0 spiro atoms. The fraction of sp³-hybridized carbons (Fsp3) is 0.692. The van der Waals surface area contributed by atoms with E-state index in [4.69, 9.17) is 9.47 Å². The maximum atomic E-state index is 11.9. The van der Waals surface area contributed by atoms with Gasteiger partial charge in [-0.25, -0.2) is 0 Å². The lowest BCUT2D eigenvalue weighted by molar-refractivity contribution is -0.135. The molecule has 1 aromatic carbocycles. The Morgan fingerprint density at radius 1 is 0.533 bits per heavy atom. The molecular formula is C26H42O4. The maximum absolute atomic E-state index is 11.9. The summed E-state index contributed by atoms with van der Waals surface area (Å²) in [5.41, 5.74) is 0. The van der Waals surface area contributed by atoms with Gasteiger partial charge < -0.3 is 9.47 Å². The van der Waals surface area contributed by atoms with Crippen LogP contribution in [0.2, 0.25) is 0 Å².